The van der Waals surface area contributed by atoms with Crippen molar-refractivity contribution in [2.45, 2.75) is 32.0 Å². The number of methoxy groups -OCH3 is 3. The second kappa shape index (κ2) is 9.57. The topological polar surface area (TPSA) is 108 Å². The van der Waals surface area contributed by atoms with Crippen LogP contribution in [0.4, 0.5) is 0 Å². The number of hydrogen-bond acceptors (Lipinski definition) is 8. The summed E-state index contributed by atoms with van der Waals surface area (Å²) in [6.45, 7) is 1.98. The molecule has 2 aromatic carbocycles. The second-order valence-electron chi connectivity index (χ2n) is 8.92. The molecule has 9 nitrogen and oxygen atoms in total. The van der Waals surface area contributed by atoms with Crippen molar-refractivity contribution in [2.24, 2.45) is 0 Å². The Morgan fingerprint density at radius 3 is 2.41 bits per heavy atom. The molecule has 0 aliphatic carbocycles. The number of aliphatic hydroxyl groups is 1. The lowest BCUT2D eigenvalue weighted by Gasteiger charge is -2.26. The molecule has 0 saturated carbocycles. The molecule has 0 unspecified atom stereocenters. The monoisotopic (exact) mass is 505 g/mol. The van der Waals surface area contributed by atoms with Gasteiger partial charge < -0.3 is 33.4 Å². The predicted molar refractivity (Wildman–Crippen MR) is 133 cm³/mol. The van der Waals surface area contributed by atoms with Crippen LogP contribution in [0.5, 0.6) is 23.0 Å². The summed E-state index contributed by atoms with van der Waals surface area (Å²) in [5.74, 6) is 0.466. The van der Waals surface area contributed by atoms with E-state index < -0.39 is 17.7 Å². The molecule has 3 heterocycles. The Balaban J connectivity index is 1.69. The summed E-state index contributed by atoms with van der Waals surface area (Å²) in [6, 6.07) is 11.0. The van der Waals surface area contributed by atoms with Crippen molar-refractivity contribution in [1.82, 2.24) is 4.90 Å². The fourth-order valence-electron chi connectivity index (χ4n) is 4.94. The quantitative estimate of drug-likeness (QED) is 0.289. The van der Waals surface area contributed by atoms with Gasteiger partial charge in [-0.3, -0.25) is 9.59 Å². The van der Waals surface area contributed by atoms with Gasteiger partial charge in [0.15, 0.2) is 11.5 Å². The van der Waals surface area contributed by atoms with E-state index in [-0.39, 0.29) is 24.0 Å². The Bertz CT molecular complexity index is 1370. The van der Waals surface area contributed by atoms with Crippen LogP contribution in [0.15, 0.2) is 58.7 Å². The third-order valence-corrected chi connectivity index (χ3v) is 6.62. The van der Waals surface area contributed by atoms with Crippen molar-refractivity contribution in [3.05, 3.63) is 76.8 Å². The number of rotatable bonds is 7. The molecular formula is C28H27NO8. The fraction of sp³-hybridized carbons (Fsp3) is 0.286. The fourth-order valence-corrected chi connectivity index (χ4v) is 4.94. The number of carbonyl (C=O) groups excluding carboxylic acids is 2. The van der Waals surface area contributed by atoms with E-state index in [0.717, 1.165) is 11.3 Å². The average Bonchev–Trinajstić information content (AvgIpc) is 3.61. The Kier molecular flexibility index (Phi) is 6.29. The van der Waals surface area contributed by atoms with Gasteiger partial charge in [0.2, 0.25) is 5.75 Å². The number of aliphatic hydroxyl groups excluding tert-OH is 1. The van der Waals surface area contributed by atoms with Crippen LogP contribution in [0.1, 0.15) is 35.4 Å². The normalized spacial score (nSPS) is 20.1. The molecule has 2 aliphatic heterocycles. The molecule has 37 heavy (non-hydrogen) atoms. The third-order valence-electron chi connectivity index (χ3n) is 6.62. The zero-order valence-corrected chi connectivity index (χ0v) is 20.9. The number of amides is 1. The van der Waals surface area contributed by atoms with Gasteiger partial charge in [-0.1, -0.05) is 0 Å². The molecule has 5 rings (SSSR count). The minimum atomic E-state index is -0.942. The van der Waals surface area contributed by atoms with Crippen LogP contribution in [0.2, 0.25) is 0 Å². The summed E-state index contributed by atoms with van der Waals surface area (Å²) in [5.41, 5.74) is 1.80. The molecule has 2 aliphatic rings. The molecular weight excluding hydrogens is 478 g/mol. The van der Waals surface area contributed by atoms with Crippen molar-refractivity contribution >= 4 is 17.4 Å². The number of fused-ring (bicyclic) bond motifs is 1. The van der Waals surface area contributed by atoms with Crippen LogP contribution in [-0.4, -0.2) is 49.1 Å². The first-order valence-electron chi connectivity index (χ1n) is 11.8. The smallest absolute Gasteiger partial charge is 0.296 e. The standard InChI is InChI=1S/C28H27NO8/c1-15-10-17-11-16(7-8-20(17)37-15)25(30)23-24(18-12-21(33-2)27(35-4)22(13-18)34-3)29(28(32)26(23)31)14-19-6-5-9-36-19/h5-9,11-13,15,24,30H,10,14H2,1-4H3/t15-,24+/m0/s1. The van der Waals surface area contributed by atoms with E-state index >= 15 is 0 Å². The highest BCUT2D eigenvalue weighted by Gasteiger charge is 2.47. The number of furan rings is 1. The van der Waals surface area contributed by atoms with Gasteiger partial charge in [-0.05, 0) is 60.5 Å². The van der Waals surface area contributed by atoms with Gasteiger partial charge in [-0.25, -0.2) is 0 Å². The van der Waals surface area contributed by atoms with Crippen molar-refractivity contribution in [2.75, 3.05) is 21.3 Å². The van der Waals surface area contributed by atoms with Gasteiger partial charge in [0, 0.05) is 12.0 Å². The number of benzene rings is 2. The molecule has 0 bridgehead atoms. The number of nitrogens with zero attached hydrogens (tertiary/aromatic N) is 1. The van der Waals surface area contributed by atoms with E-state index in [1.165, 1.54) is 32.5 Å². The van der Waals surface area contributed by atoms with Gasteiger partial charge in [0.05, 0.1) is 45.8 Å². The third kappa shape index (κ3) is 4.16. The van der Waals surface area contributed by atoms with Crippen molar-refractivity contribution in [1.29, 1.82) is 0 Å². The lowest BCUT2D eigenvalue weighted by atomic mass is 9.94. The highest BCUT2D eigenvalue weighted by molar-refractivity contribution is 6.46. The molecule has 1 aromatic heterocycles. The summed E-state index contributed by atoms with van der Waals surface area (Å²) >= 11 is 0. The van der Waals surface area contributed by atoms with E-state index in [2.05, 4.69) is 0 Å². The number of ether oxygens (including phenoxy) is 4. The van der Waals surface area contributed by atoms with Crippen LogP contribution in [0, 0.1) is 0 Å². The van der Waals surface area contributed by atoms with Crippen LogP contribution >= 0.6 is 0 Å². The zero-order valence-electron chi connectivity index (χ0n) is 20.9. The zero-order chi connectivity index (χ0) is 26.3. The average molecular weight is 506 g/mol. The first-order valence-corrected chi connectivity index (χ1v) is 11.8. The predicted octanol–water partition coefficient (Wildman–Crippen LogP) is 4.25. The van der Waals surface area contributed by atoms with Crippen LogP contribution in [0.25, 0.3) is 5.76 Å². The molecule has 1 N–H and O–H groups in total. The van der Waals surface area contributed by atoms with Crippen molar-refractivity contribution < 1.29 is 38.1 Å². The molecule has 192 valence electrons. The number of ketones is 1. The Labute approximate surface area is 213 Å². The maximum absolute atomic E-state index is 13.4. The van der Waals surface area contributed by atoms with Gasteiger partial charge >= 0.3 is 0 Å². The maximum atomic E-state index is 13.4. The van der Waals surface area contributed by atoms with Crippen molar-refractivity contribution in [3.63, 3.8) is 0 Å². The van der Waals surface area contributed by atoms with E-state index in [4.69, 9.17) is 23.4 Å². The molecule has 0 spiro atoms. The molecule has 1 amide bonds. The largest absolute Gasteiger partial charge is 0.507 e. The maximum Gasteiger partial charge on any atom is 0.296 e. The minimum absolute atomic E-state index is 0.0190. The summed E-state index contributed by atoms with van der Waals surface area (Å²) in [5, 5.41) is 11.5. The SMILES string of the molecule is COc1cc([C@@H]2C(=C(O)c3ccc4c(c3)C[C@H](C)O4)C(=O)C(=O)N2Cc2ccco2)cc(OC)c1OC. The summed E-state index contributed by atoms with van der Waals surface area (Å²) in [4.78, 5) is 28.1. The van der Waals surface area contributed by atoms with Gasteiger partial charge in [0.1, 0.15) is 23.4 Å². The number of Topliss-reactive ketones (excluding diaryl/α,β-unsaturated/α-hetero) is 1. The van der Waals surface area contributed by atoms with Gasteiger partial charge in [-0.2, -0.15) is 0 Å². The van der Waals surface area contributed by atoms with E-state index in [1.807, 2.05) is 6.92 Å². The Morgan fingerprint density at radius 2 is 1.78 bits per heavy atom. The molecule has 0 radical (unpaired) electrons. The van der Waals surface area contributed by atoms with Crippen molar-refractivity contribution in [3.8, 4) is 23.0 Å². The van der Waals surface area contributed by atoms with Crippen LogP contribution in [0.3, 0.4) is 0 Å². The number of carbonyl (C=O) groups is 2. The van der Waals surface area contributed by atoms with Gasteiger partial charge in [0.25, 0.3) is 11.7 Å². The Hall–Kier alpha value is -4.40. The number of hydrogen-bond donors (Lipinski definition) is 1. The van der Waals surface area contributed by atoms with Crippen LogP contribution in [-0.2, 0) is 22.6 Å². The summed E-state index contributed by atoms with van der Waals surface area (Å²) in [6.07, 6.45) is 2.19. The summed E-state index contributed by atoms with van der Waals surface area (Å²) < 4.78 is 27.7. The van der Waals surface area contributed by atoms with E-state index in [1.54, 1.807) is 42.5 Å². The molecule has 2 atom stereocenters. The second-order valence-corrected chi connectivity index (χ2v) is 8.92. The van der Waals surface area contributed by atoms with E-state index in [9.17, 15) is 14.7 Å². The lowest BCUT2D eigenvalue weighted by molar-refractivity contribution is -0.140. The molecule has 9 heteroatoms. The number of likely N-dealkylation sites (tertiary alicyclic amines) is 1. The molecule has 3 aromatic rings. The lowest BCUT2D eigenvalue weighted by Crippen LogP contribution is -2.29. The first kappa shape index (κ1) is 24.3. The molecule has 1 saturated heterocycles. The van der Waals surface area contributed by atoms with Gasteiger partial charge in [-0.15, -0.1) is 0 Å². The highest BCUT2D eigenvalue weighted by atomic mass is 16.5. The highest BCUT2D eigenvalue weighted by Crippen LogP contribution is 2.46. The first-order chi connectivity index (χ1) is 17.9. The Morgan fingerprint density at radius 1 is 1.05 bits per heavy atom. The molecule has 1 fully saturated rings. The minimum Gasteiger partial charge on any atom is -0.507 e. The van der Waals surface area contributed by atoms with Crippen LogP contribution < -0.4 is 18.9 Å². The van der Waals surface area contributed by atoms with E-state index in [0.29, 0.717) is 40.6 Å². The summed E-state index contributed by atoms with van der Waals surface area (Å²) in [7, 11) is 4.45.